The Labute approximate surface area is 143 Å². The molecule has 0 saturated carbocycles. The lowest BCUT2D eigenvalue weighted by molar-refractivity contribution is -0.384. The van der Waals surface area contributed by atoms with Gasteiger partial charge in [-0.05, 0) is 30.5 Å². The number of nitrogens with zero attached hydrogens (tertiary/aromatic N) is 3. The van der Waals surface area contributed by atoms with Gasteiger partial charge in [-0.1, -0.05) is 0 Å². The lowest BCUT2D eigenvalue weighted by Gasteiger charge is -2.28. The van der Waals surface area contributed by atoms with Crippen molar-refractivity contribution in [3.05, 3.63) is 39.9 Å². The number of nitro benzene ring substituents is 1. The van der Waals surface area contributed by atoms with Crippen molar-refractivity contribution in [1.29, 1.82) is 0 Å². The van der Waals surface area contributed by atoms with E-state index in [0.29, 0.717) is 24.9 Å². The van der Waals surface area contributed by atoms with Crippen LogP contribution in [0.4, 0.5) is 10.5 Å². The van der Waals surface area contributed by atoms with E-state index in [0.717, 1.165) is 0 Å². The largest absolute Gasteiger partial charge is 0.459 e. The Balaban J connectivity index is 1.61. The standard InChI is InChI=1S/C16H17N3O6/c1-10(20)18-13-6-7-14(17(8-13)16(18)22)15(21)25-9-11-2-4-12(5-3-11)19(23)24/h2-5,13-14H,6-9H2,1H3/t13-,14-/m1/s1. The van der Waals surface area contributed by atoms with Crippen molar-refractivity contribution in [3.63, 3.8) is 0 Å². The second-order valence-electron chi connectivity index (χ2n) is 6.10. The third-order valence-corrected chi connectivity index (χ3v) is 4.51. The van der Waals surface area contributed by atoms with Crippen molar-refractivity contribution in [1.82, 2.24) is 9.80 Å². The minimum atomic E-state index is -0.703. The van der Waals surface area contributed by atoms with Crippen LogP contribution in [0.2, 0.25) is 0 Å². The topological polar surface area (TPSA) is 110 Å². The van der Waals surface area contributed by atoms with Gasteiger partial charge in [-0.25, -0.2) is 9.59 Å². The summed E-state index contributed by atoms with van der Waals surface area (Å²) in [4.78, 5) is 48.9. The van der Waals surface area contributed by atoms with E-state index in [1.54, 1.807) is 0 Å². The van der Waals surface area contributed by atoms with Crippen LogP contribution in [0.25, 0.3) is 0 Å². The maximum atomic E-state index is 12.3. The number of hydrogen-bond acceptors (Lipinski definition) is 6. The van der Waals surface area contributed by atoms with E-state index >= 15 is 0 Å². The smallest absolute Gasteiger partial charge is 0.329 e. The number of piperidine rings is 1. The normalized spacial score (nSPS) is 22.0. The predicted octanol–water partition coefficient (Wildman–Crippen LogP) is 1.45. The fourth-order valence-electron chi connectivity index (χ4n) is 3.27. The van der Waals surface area contributed by atoms with Crippen LogP contribution in [0.15, 0.2) is 24.3 Å². The van der Waals surface area contributed by atoms with Crippen molar-refractivity contribution < 1.29 is 24.0 Å². The highest BCUT2D eigenvalue weighted by Gasteiger charge is 2.48. The lowest BCUT2D eigenvalue weighted by Crippen LogP contribution is -2.45. The minimum Gasteiger partial charge on any atom is -0.459 e. The van der Waals surface area contributed by atoms with Crippen molar-refractivity contribution in [2.45, 2.75) is 38.5 Å². The van der Waals surface area contributed by atoms with Gasteiger partial charge in [-0.3, -0.25) is 19.8 Å². The first-order valence-electron chi connectivity index (χ1n) is 7.89. The zero-order valence-electron chi connectivity index (χ0n) is 13.6. The van der Waals surface area contributed by atoms with Crippen LogP contribution in [-0.2, 0) is 20.9 Å². The summed E-state index contributed by atoms with van der Waals surface area (Å²) in [7, 11) is 0. The van der Waals surface area contributed by atoms with Gasteiger partial charge in [-0.15, -0.1) is 0 Å². The number of rotatable bonds is 4. The Hall–Kier alpha value is -2.97. The Morgan fingerprint density at radius 3 is 2.56 bits per heavy atom. The number of esters is 1. The predicted molar refractivity (Wildman–Crippen MR) is 84.3 cm³/mol. The van der Waals surface area contributed by atoms with Gasteiger partial charge in [0.2, 0.25) is 5.91 Å². The number of benzene rings is 1. The first kappa shape index (κ1) is 16.9. The first-order valence-corrected chi connectivity index (χ1v) is 7.89. The van der Waals surface area contributed by atoms with Gasteiger partial charge in [0.15, 0.2) is 0 Å². The summed E-state index contributed by atoms with van der Waals surface area (Å²) in [6.07, 6.45) is 1.01. The Bertz CT molecular complexity index is 732. The average molecular weight is 347 g/mol. The molecule has 25 heavy (non-hydrogen) atoms. The highest BCUT2D eigenvalue weighted by Crippen LogP contribution is 2.30. The molecule has 2 heterocycles. The number of ether oxygens (including phenoxy) is 1. The van der Waals surface area contributed by atoms with E-state index in [9.17, 15) is 24.5 Å². The Morgan fingerprint density at radius 1 is 1.28 bits per heavy atom. The highest BCUT2D eigenvalue weighted by atomic mass is 16.6. The molecule has 2 atom stereocenters. The molecule has 3 amide bonds. The van der Waals surface area contributed by atoms with Crippen LogP contribution in [0.3, 0.4) is 0 Å². The molecule has 2 fully saturated rings. The molecule has 2 saturated heterocycles. The molecule has 0 unspecified atom stereocenters. The van der Waals surface area contributed by atoms with E-state index in [-0.39, 0.29) is 24.2 Å². The van der Waals surface area contributed by atoms with Crippen LogP contribution < -0.4 is 0 Å². The second-order valence-corrected chi connectivity index (χ2v) is 6.10. The van der Waals surface area contributed by atoms with Crippen molar-refractivity contribution in [2.75, 3.05) is 6.54 Å². The molecule has 0 aromatic heterocycles. The summed E-state index contributed by atoms with van der Waals surface area (Å²) >= 11 is 0. The summed E-state index contributed by atoms with van der Waals surface area (Å²) in [5.74, 6) is -0.854. The van der Waals surface area contributed by atoms with Gasteiger partial charge in [-0.2, -0.15) is 0 Å². The first-order chi connectivity index (χ1) is 11.9. The van der Waals surface area contributed by atoms with Gasteiger partial charge < -0.3 is 9.64 Å². The molecule has 0 aliphatic carbocycles. The average Bonchev–Trinajstić information content (AvgIpc) is 2.84. The monoisotopic (exact) mass is 347 g/mol. The molecular formula is C16H17N3O6. The number of imide groups is 1. The molecule has 0 spiro atoms. The summed E-state index contributed by atoms with van der Waals surface area (Å²) in [6.45, 7) is 1.65. The maximum absolute atomic E-state index is 12.3. The van der Waals surface area contributed by atoms with Gasteiger partial charge in [0, 0.05) is 25.6 Å². The van der Waals surface area contributed by atoms with Crippen molar-refractivity contribution >= 4 is 23.6 Å². The van der Waals surface area contributed by atoms with Crippen LogP contribution in [-0.4, -0.2) is 51.3 Å². The molecule has 2 bridgehead atoms. The fraction of sp³-hybridized carbons (Fsp3) is 0.438. The van der Waals surface area contributed by atoms with Crippen LogP contribution in [0, 0.1) is 10.1 Å². The SMILES string of the molecule is CC(=O)N1C(=O)N2C[C@H]1CC[C@@H]2C(=O)OCc1ccc([N+](=O)[O-])cc1. The van der Waals surface area contributed by atoms with E-state index in [1.807, 2.05) is 0 Å². The number of carbonyl (C=O) groups excluding carboxylic acids is 3. The van der Waals surface area contributed by atoms with Gasteiger partial charge >= 0.3 is 12.0 Å². The van der Waals surface area contributed by atoms with Crippen LogP contribution in [0.5, 0.6) is 0 Å². The van der Waals surface area contributed by atoms with Gasteiger partial charge in [0.05, 0.1) is 11.0 Å². The number of urea groups is 1. The molecule has 3 rings (SSSR count). The van der Waals surface area contributed by atoms with E-state index < -0.39 is 23.0 Å². The molecule has 1 aromatic rings. The molecule has 0 radical (unpaired) electrons. The van der Waals surface area contributed by atoms with E-state index in [4.69, 9.17) is 4.74 Å². The Morgan fingerprint density at radius 2 is 1.96 bits per heavy atom. The van der Waals surface area contributed by atoms with Crippen molar-refractivity contribution in [2.24, 2.45) is 0 Å². The van der Waals surface area contributed by atoms with E-state index in [2.05, 4.69) is 0 Å². The summed E-state index contributed by atoms with van der Waals surface area (Å²) < 4.78 is 5.26. The number of hydrogen-bond donors (Lipinski definition) is 0. The van der Waals surface area contributed by atoms with Gasteiger partial charge in [0.25, 0.3) is 5.69 Å². The van der Waals surface area contributed by atoms with Crippen molar-refractivity contribution in [3.8, 4) is 0 Å². The fourth-order valence-corrected chi connectivity index (χ4v) is 3.27. The molecule has 9 heteroatoms. The third kappa shape index (κ3) is 3.17. The summed E-state index contributed by atoms with van der Waals surface area (Å²) in [5, 5.41) is 10.6. The number of non-ortho nitro benzene ring substituents is 1. The minimum absolute atomic E-state index is 0.0325. The molecule has 1 aromatic carbocycles. The number of amides is 3. The number of carbonyl (C=O) groups is 3. The quantitative estimate of drug-likeness (QED) is 0.463. The van der Waals surface area contributed by atoms with E-state index in [1.165, 1.54) is 41.0 Å². The van der Waals surface area contributed by atoms with Gasteiger partial charge in [0.1, 0.15) is 12.6 Å². The molecule has 9 nitrogen and oxygen atoms in total. The Kier molecular flexibility index (Phi) is 4.39. The zero-order valence-corrected chi connectivity index (χ0v) is 13.6. The molecule has 2 aliphatic rings. The van der Waals surface area contributed by atoms with Crippen LogP contribution in [0.1, 0.15) is 25.3 Å². The van der Waals surface area contributed by atoms with Crippen LogP contribution >= 0.6 is 0 Å². The summed E-state index contributed by atoms with van der Waals surface area (Å²) in [6, 6.07) is 4.37. The molecule has 0 N–H and O–H groups in total. The molecule has 132 valence electrons. The summed E-state index contributed by atoms with van der Waals surface area (Å²) in [5.41, 5.74) is 0.575. The third-order valence-electron chi connectivity index (χ3n) is 4.51. The number of nitro groups is 1. The molecular weight excluding hydrogens is 330 g/mol. The zero-order chi connectivity index (χ0) is 18.1. The lowest BCUT2D eigenvalue weighted by atomic mass is 10.0. The maximum Gasteiger partial charge on any atom is 0.329 e. The second kappa shape index (κ2) is 6.50. The number of fused-ring (bicyclic) bond motifs is 2. The molecule has 2 aliphatic heterocycles. The highest BCUT2D eigenvalue weighted by molar-refractivity contribution is 5.97.